The van der Waals surface area contributed by atoms with Gasteiger partial charge in [0, 0.05) is 23.6 Å². The van der Waals surface area contributed by atoms with Crippen LogP contribution in [-0.2, 0) is 19.1 Å². The molecule has 0 aromatic carbocycles. The van der Waals surface area contributed by atoms with Crippen molar-refractivity contribution in [2.24, 2.45) is 5.92 Å². The van der Waals surface area contributed by atoms with E-state index in [0.29, 0.717) is 19.6 Å². The third-order valence-electron chi connectivity index (χ3n) is 2.99. The van der Waals surface area contributed by atoms with E-state index in [1.165, 1.54) is 12.2 Å². The number of hydrogen-bond acceptors (Lipinski definition) is 5. The number of ether oxygens (including phenoxy) is 1. The maximum absolute atomic E-state index is 10.7. The van der Waals surface area contributed by atoms with Gasteiger partial charge >= 0.3 is 17.9 Å². The van der Waals surface area contributed by atoms with Crippen LogP contribution < -0.4 is 0 Å². The van der Waals surface area contributed by atoms with E-state index in [0.717, 1.165) is 18.9 Å². The average molecular weight is 355 g/mol. The number of hydrogen-bond donors (Lipinski definition) is 2. The summed E-state index contributed by atoms with van der Waals surface area (Å²) in [6, 6.07) is 0. The highest BCUT2D eigenvalue weighted by atomic mass is 16.5. The second-order valence-electron chi connectivity index (χ2n) is 5.45. The highest BCUT2D eigenvalue weighted by molar-refractivity contribution is 5.87. The second-order valence-corrected chi connectivity index (χ2v) is 5.45. The number of carboxylic acids is 2. The summed E-state index contributed by atoms with van der Waals surface area (Å²) in [4.78, 5) is 33.3. The summed E-state index contributed by atoms with van der Waals surface area (Å²) in [6.45, 7) is 9.94. The summed E-state index contributed by atoms with van der Waals surface area (Å²) in [6.07, 6.45) is 6.00. The zero-order chi connectivity index (χ0) is 19.8. The Hall–Kier alpha value is -2.41. The van der Waals surface area contributed by atoms with Crippen molar-refractivity contribution in [3.8, 4) is 0 Å². The minimum Gasteiger partial charge on any atom is -0.478 e. The van der Waals surface area contributed by atoms with Gasteiger partial charge in [-0.05, 0) is 33.5 Å². The van der Waals surface area contributed by atoms with E-state index in [1.54, 1.807) is 0 Å². The summed E-state index contributed by atoms with van der Waals surface area (Å²) in [5.41, 5.74) is 0.0133. The van der Waals surface area contributed by atoms with Crippen molar-refractivity contribution in [3.63, 3.8) is 0 Å². The molecule has 7 nitrogen and oxygen atoms in total. The molecule has 0 fully saturated rings. The lowest BCUT2D eigenvalue weighted by atomic mass is 9.96. The lowest BCUT2D eigenvalue weighted by Crippen LogP contribution is -2.19. The molecule has 0 saturated heterocycles. The zero-order valence-electron chi connectivity index (χ0n) is 15.2. The number of aliphatic carboxylic acids is 2. The topological polar surface area (TPSA) is 104 Å². The molecule has 0 radical (unpaired) electrons. The summed E-state index contributed by atoms with van der Waals surface area (Å²) < 4.78 is 4.67. The predicted octanol–water partition coefficient (Wildman–Crippen LogP) is 2.35. The molecule has 25 heavy (non-hydrogen) atoms. The molecular formula is C18H29NO6. The molecule has 0 aliphatic rings. The van der Waals surface area contributed by atoms with Crippen LogP contribution in [0, 0.1) is 5.92 Å². The molecule has 0 aromatic heterocycles. The first-order chi connectivity index (χ1) is 11.6. The molecular weight excluding hydrogens is 326 g/mol. The number of allylic oxidation sites excluding steroid dienone is 1. The fourth-order valence-corrected chi connectivity index (χ4v) is 1.52. The van der Waals surface area contributed by atoms with Gasteiger partial charge in [0.2, 0.25) is 0 Å². The fourth-order valence-electron chi connectivity index (χ4n) is 1.52. The van der Waals surface area contributed by atoms with Gasteiger partial charge in [-0.2, -0.15) is 0 Å². The highest BCUT2D eigenvalue weighted by Crippen LogP contribution is 2.16. The zero-order valence-corrected chi connectivity index (χ0v) is 15.2. The van der Waals surface area contributed by atoms with E-state index < -0.39 is 17.9 Å². The molecule has 1 unspecified atom stereocenters. The molecule has 0 spiro atoms. The van der Waals surface area contributed by atoms with Crippen molar-refractivity contribution in [3.05, 3.63) is 37.0 Å². The van der Waals surface area contributed by atoms with Gasteiger partial charge in [-0.15, -0.1) is 0 Å². The summed E-state index contributed by atoms with van der Waals surface area (Å²) >= 11 is 0. The fraction of sp³-hybridized carbons (Fsp3) is 0.500. The Labute approximate surface area is 149 Å². The van der Waals surface area contributed by atoms with Crippen LogP contribution in [0.2, 0.25) is 0 Å². The number of unbranched alkanes of at least 4 members (excludes halogenated alkanes) is 1. The highest BCUT2D eigenvalue weighted by Gasteiger charge is 2.16. The molecule has 0 aliphatic carbocycles. The van der Waals surface area contributed by atoms with E-state index >= 15 is 0 Å². The smallest absolute Gasteiger partial charge is 0.331 e. The molecule has 2 N–H and O–H groups in total. The van der Waals surface area contributed by atoms with E-state index in [4.69, 9.17) is 10.2 Å². The molecule has 0 saturated carbocycles. The first-order valence-corrected chi connectivity index (χ1v) is 7.92. The Morgan fingerprint density at radius 2 is 1.84 bits per heavy atom. The third-order valence-corrected chi connectivity index (χ3v) is 2.99. The lowest BCUT2D eigenvalue weighted by Gasteiger charge is -2.15. The van der Waals surface area contributed by atoms with E-state index in [-0.39, 0.29) is 11.5 Å². The molecule has 0 aromatic rings. The van der Waals surface area contributed by atoms with Crippen molar-refractivity contribution in [2.75, 3.05) is 27.2 Å². The number of nitrogens with zero attached hydrogens (tertiary/aromatic N) is 1. The second kappa shape index (κ2) is 15.1. The molecule has 0 amide bonds. The molecule has 0 bridgehead atoms. The van der Waals surface area contributed by atoms with Gasteiger partial charge in [0.25, 0.3) is 0 Å². The van der Waals surface area contributed by atoms with Gasteiger partial charge < -0.3 is 19.8 Å². The molecule has 7 heteroatoms. The monoisotopic (exact) mass is 355 g/mol. The Balaban J connectivity index is 0. The van der Waals surface area contributed by atoms with Crippen LogP contribution >= 0.6 is 0 Å². The first-order valence-electron chi connectivity index (χ1n) is 7.92. The largest absolute Gasteiger partial charge is 0.478 e. The molecule has 142 valence electrons. The molecule has 0 heterocycles. The van der Waals surface area contributed by atoms with Crippen LogP contribution in [-0.4, -0.2) is 60.3 Å². The van der Waals surface area contributed by atoms with Crippen LogP contribution in [0.25, 0.3) is 0 Å². The van der Waals surface area contributed by atoms with E-state index in [2.05, 4.69) is 17.9 Å². The summed E-state index contributed by atoms with van der Waals surface area (Å²) in [5, 5.41) is 17.3. The van der Waals surface area contributed by atoms with Gasteiger partial charge in [0.15, 0.2) is 0 Å². The SMILES string of the molecule is C=C(C(=O)O)C(C=CC(=O)O)CCN(C)C.C=CC(=O)OCCCC. The normalized spacial score (nSPS) is 11.4. The maximum atomic E-state index is 10.7. The van der Waals surface area contributed by atoms with E-state index in [1.807, 2.05) is 25.9 Å². The molecule has 0 aliphatic heterocycles. The van der Waals surface area contributed by atoms with Crippen molar-refractivity contribution < 1.29 is 29.3 Å². The minimum absolute atomic E-state index is 0.0133. The van der Waals surface area contributed by atoms with Crippen molar-refractivity contribution in [1.29, 1.82) is 0 Å². The molecule has 0 rings (SSSR count). The van der Waals surface area contributed by atoms with Crippen molar-refractivity contribution >= 4 is 17.9 Å². The number of rotatable bonds is 11. The quantitative estimate of drug-likeness (QED) is 0.333. The molecule has 1 atom stereocenters. The van der Waals surface area contributed by atoms with Gasteiger partial charge in [-0.3, -0.25) is 0 Å². The third kappa shape index (κ3) is 16.2. The van der Waals surface area contributed by atoms with E-state index in [9.17, 15) is 14.4 Å². The number of carboxylic acid groups (broad SMARTS) is 2. The van der Waals surface area contributed by atoms with Crippen LogP contribution in [0.15, 0.2) is 37.0 Å². The Kier molecular flexibility index (Phi) is 15.0. The Morgan fingerprint density at radius 3 is 2.24 bits per heavy atom. The Bertz CT molecular complexity index is 482. The van der Waals surface area contributed by atoms with Crippen molar-refractivity contribution in [2.45, 2.75) is 26.2 Å². The van der Waals surface area contributed by atoms with Gasteiger partial charge in [0.1, 0.15) is 0 Å². The predicted molar refractivity (Wildman–Crippen MR) is 96.3 cm³/mol. The maximum Gasteiger partial charge on any atom is 0.331 e. The van der Waals surface area contributed by atoms with Gasteiger partial charge in [0.05, 0.1) is 6.61 Å². The standard InChI is InChI=1S/C11H17NO4.C7H12O2/c1-8(11(15)16)9(4-5-10(13)14)6-7-12(2)3;1-3-5-6-9-7(8)4-2/h4-5,9H,1,6-7H2,2-3H3,(H,13,14)(H,15,16);4H,2-3,5-6H2,1H3. The summed E-state index contributed by atoms with van der Waals surface area (Å²) in [7, 11) is 3.73. The average Bonchev–Trinajstić information content (AvgIpc) is 2.54. The number of carbonyl (C=O) groups is 3. The van der Waals surface area contributed by atoms with Crippen molar-refractivity contribution in [1.82, 2.24) is 4.90 Å². The lowest BCUT2D eigenvalue weighted by molar-refractivity contribution is -0.138. The summed E-state index contributed by atoms with van der Waals surface area (Å²) in [5.74, 6) is -2.97. The van der Waals surface area contributed by atoms with Gasteiger partial charge in [-0.1, -0.05) is 32.6 Å². The van der Waals surface area contributed by atoms with Crippen LogP contribution in [0.4, 0.5) is 0 Å². The van der Waals surface area contributed by atoms with Crippen LogP contribution in [0.3, 0.4) is 0 Å². The van der Waals surface area contributed by atoms with Crippen LogP contribution in [0.1, 0.15) is 26.2 Å². The Morgan fingerprint density at radius 1 is 1.24 bits per heavy atom. The first kappa shape index (κ1) is 24.8. The van der Waals surface area contributed by atoms with Crippen LogP contribution in [0.5, 0.6) is 0 Å². The number of esters is 1. The number of carbonyl (C=O) groups excluding carboxylic acids is 1. The van der Waals surface area contributed by atoms with Gasteiger partial charge in [-0.25, -0.2) is 14.4 Å². The minimum atomic E-state index is -1.10.